The molecule has 1 saturated carbocycles. The molecule has 0 aromatic heterocycles. The van der Waals surface area contributed by atoms with Gasteiger partial charge in [-0.05, 0) is 25.0 Å². The van der Waals surface area contributed by atoms with E-state index in [4.69, 9.17) is 11.6 Å². The number of sulfonamides is 1. The van der Waals surface area contributed by atoms with Gasteiger partial charge in [-0.1, -0.05) is 30.7 Å². The molecule has 88 valence electrons. The summed E-state index contributed by atoms with van der Waals surface area (Å²) in [5, 5.41) is 0.293. The third-order valence-corrected chi connectivity index (χ3v) is 5.22. The van der Waals surface area contributed by atoms with Gasteiger partial charge in [-0.3, -0.25) is 0 Å². The molecule has 2 rings (SSSR count). The second-order valence-electron chi connectivity index (χ2n) is 3.87. The molecule has 0 spiro atoms. The molecule has 3 nitrogen and oxygen atoms in total. The Bertz CT molecular complexity index is 483. The molecule has 0 unspecified atom stereocenters. The van der Waals surface area contributed by atoms with Gasteiger partial charge in [0.1, 0.15) is 4.90 Å². The molecule has 1 aromatic carbocycles. The molecule has 0 radical (unpaired) electrons. The molecule has 1 aliphatic rings. The Labute approximate surface area is 101 Å². The average Bonchev–Trinajstić information content (AvgIpc) is 3.03. The van der Waals surface area contributed by atoms with Gasteiger partial charge in [0.05, 0.1) is 5.02 Å². The highest BCUT2D eigenvalue weighted by atomic mass is 35.5. The maximum absolute atomic E-state index is 12.3. The zero-order valence-corrected chi connectivity index (χ0v) is 10.6. The summed E-state index contributed by atoms with van der Waals surface area (Å²) in [6.45, 7) is 2.35. The van der Waals surface area contributed by atoms with Crippen molar-refractivity contribution in [3.8, 4) is 0 Å². The van der Waals surface area contributed by atoms with E-state index in [1.807, 2.05) is 6.92 Å². The lowest BCUT2D eigenvalue weighted by Gasteiger charge is -2.20. The van der Waals surface area contributed by atoms with E-state index in [0.29, 0.717) is 11.6 Å². The topological polar surface area (TPSA) is 37.4 Å². The van der Waals surface area contributed by atoms with Crippen LogP contribution in [0.5, 0.6) is 0 Å². The third-order valence-electron chi connectivity index (χ3n) is 2.69. The predicted octanol–water partition coefficient (Wildman–Crippen LogP) is 2.51. The molecule has 1 aliphatic carbocycles. The monoisotopic (exact) mass is 259 g/mol. The zero-order valence-electron chi connectivity index (χ0n) is 9.06. The normalized spacial score (nSPS) is 16.7. The highest BCUT2D eigenvalue weighted by molar-refractivity contribution is 7.89. The van der Waals surface area contributed by atoms with Crippen LogP contribution in [-0.4, -0.2) is 25.3 Å². The van der Waals surface area contributed by atoms with Crippen molar-refractivity contribution in [1.82, 2.24) is 4.31 Å². The van der Waals surface area contributed by atoms with Crippen LogP contribution in [0.25, 0.3) is 0 Å². The number of rotatable bonds is 4. The molecule has 1 aromatic rings. The van der Waals surface area contributed by atoms with Gasteiger partial charge in [-0.2, -0.15) is 4.31 Å². The zero-order chi connectivity index (χ0) is 11.8. The second-order valence-corrected chi connectivity index (χ2v) is 6.14. The minimum Gasteiger partial charge on any atom is -0.207 e. The Hall–Kier alpha value is -0.580. The molecule has 0 aliphatic heterocycles. The van der Waals surface area contributed by atoms with Crippen molar-refractivity contribution >= 4 is 21.6 Å². The Morgan fingerprint density at radius 2 is 2.00 bits per heavy atom. The van der Waals surface area contributed by atoms with Crippen LogP contribution in [-0.2, 0) is 10.0 Å². The highest BCUT2D eigenvalue weighted by Gasteiger charge is 2.37. The first-order chi connectivity index (χ1) is 7.57. The lowest BCUT2D eigenvalue weighted by molar-refractivity contribution is 0.421. The summed E-state index contributed by atoms with van der Waals surface area (Å²) in [5.41, 5.74) is 0. The standard InChI is InChI=1S/C11H14ClNO2S/c1-2-13(9-7-8-9)16(14,15)11-6-4-3-5-10(11)12/h3-6,9H,2,7-8H2,1H3. The molecule has 0 atom stereocenters. The predicted molar refractivity (Wildman–Crippen MR) is 64.0 cm³/mol. The van der Waals surface area contributed by atoms with E-state index in [9.17, 15) is 8.42 Å². The first-order valence-corrected chi connectivity index (χ1v) is 7.15. The van der Waals surface area contributed by atoms with E-state index < -0.39 is 10.0 Å². The van der Waals surface area contributed by atoms with E-state index in [0.717, 1.165) is 12.8 Å². The van der Waals surface area contributed by atoms with Crippen molar-refractivity contribution in [3.05, 3.63) is 29.3 Å². The van der Waals surface area contributed by atoms with Crippen molar-refractivity contribution in [3.63, 3.8) is 0 Å². The van der Waals surface area contributed by atoms with Crippen molar-refractivity contribution in [1.29, 1.82) is 0 Å². The van der Waals surface area contributed by atoms with Gasteiger partial charge in [-0.15, -0.1) is 0 Å². The Kier molecular flexibility index (Phi) is 3.24. The van der Waals surface area contributed by atoms with Crippen LogP contribution in [0.1, 0.15) is 19.8 Å². The fourth-order valence-corrected chi connectivity index (χ4v) is 3.96. The Balaban J connectivity index is 2.41. The number of halogens is 1. The van der Waals surface area contributed by atoms with Crippen LogP contribution < -0.4 is 0 Å². The van der Waals surface area contributed by atoms with Gasteiger partial charge in [-0.25, -0.2) is 8.42 Å². The van der Waals surface area contributed by atoms with Crippen molar-refractivity contribution < 1.29 is 8.42 Å². The summed E-state index contributed by atoms with van der Waals surface area (Å²) >= 11 is 5.93. The summed E-state index contributed by atoms with van der Waals surface area (Å²) in [6.07, 6.45) is 1.91. The van der Waals surface area contributed by atoms with Crippen LogP contribution in [0.4, 0.5) is 0 Å². The molecule has 16 heavy (non-hydrogen) atoms. The van der Waals surface area contributed by atoms with Crippen LogP contribution in [0.3, 0.4) is 0 Å². The van der Waals surface area contributed by atoms with E-state index in [-0.39, 0.29) is 10.9 Å². The highest BCUT2D eigenvalue weighted by Crippen LogP contribution is 2.33. The molecule has 0 amide bonds. The average molecular weight is 260 g/mol. The third kappa shape index (κ3) is 2.10. The SMILES string of the molecule is CCN(C1CC1)S(=O)(=O)c1ccccc1Cl. The first-order valence-electron chi connectivity index (χ1n) is 5.33. The van der Waals surface area contributed by atoms with Crippen molar-refractivity contribution in [2.75, 3.05) is 6.54 Å². The Morgan fingerprint density at radius 1 is 1.38 bits per heavy atom. The number of hydrogen-bond acceptors (Lipinski definition) is 2. The molecule has 5 heteroatoms. The van der Waals surface area contributed by atoms with Crippen LogP contribution in [0.15, 0.2) is 29.2 Å². The van der Waals surface area contributed by atoms with E-state index in [1.54, 1.807) is 24.3 Å². The summed E-state index contributed by atoms with van der Waals surface area (Å²) in [5.74, 6) is 0. The number of nitrogens with zero attached hydrogens (tertiary/aromatic N) is 1. The molecular formula is C11H14ClNO2S. The summed E-state index contributed by atoms with van der Waals surface area (Å²) < 4.78 is 26.2. The number of hydrogen-bond donors (Lipinski definition) is 0. The molecule has 0 saturated heterocycles. The second kappa shape index (κ2) is 4.35. The van der Waals surface area contributed by atoms with Crippen LogP contribution >= 0.6 is 11.6 Å². The maximum Gasteiger partial charge on any atom is 0.244 e. The van der Waals surface area contributed by atoms with E-state index in [2.05, 4.69) is 0 Å². The summed E-state index contributed by atoms with van der Waals surface area (Å²) in [4.78, 5) is 0.213. The lowest BCUT2D eigenvalue weighted by atomic mass is 10.4. The minimum absolute atomic E-state index is 0.172. The van der Waals surface area contributed by atoms with Gasteiger partial charge in [0.2, 0.25) is 10.0 Å². The fraction of sp³-hybridized carbons (Fsp3) is 0.455. The van der Waals surface area contributed by atoms with Gasteiger partial charge in [0.25, 0.3) is 0 Å². The molecule has 0 N–H and O–H groups in total. The Morgan fingerprint density at radius 3 is 2.50 bits per heavy atom. The smallest absolute Gasteiger partial charge is 0.207 e. The minimum atomic E-state index is -3.42. The van der Waals surface area contributed by atoms with Gasteiger partial charge in [0.15, 0.2) is 0 Å². The molecule has 1 fully saturated rings. The quantitative estimate of drug-likeness (QED) is 0.833. The number of benzene rings is 1. The lowest BCUT2D eigenvalue weighted by Crippen LogP contribution is -2.33. The largest absolute Gasteiger partial charge is 0.244 e. The fourth-order valence-electron chi connectivity index (χ4n) is 1.77. The van der Waals surface area contributed by atoms with Crippen LogP contribution in [0.2, 0.25) is 5.02 Å². The van der Waals surface area contributed by atoms with Crippen molar-refractivity contribution in [2.45, 2.75) is 30.7 Å². The van der Waals surface area contributed by atoms with Crippen molar-refractivity contribution in [2.24, 2.45) is 0 Å². The first kappa shape index (κ1) is 11.9. The van der Waals surface area contributed by atoms with Crippen LogP contribution in [0, 0.1) is 0 Å². The van der Waals surface area contributed by atoms with E-state index >= 15 is 0 Å². The summed E-state index contributed by atoms with van der Waals surface area (Å²) in [6, 6.07) is 6.76. The molecular weight excluding hydrogens is 246 g/mol. The van der Waals surface area contributed by atoms with Gasteiger partial charge >= 0.3 is 0 Å². The van der Waals surface area contributed by atoms with E-state index in [1.165, 1.54) is 4.31 Å². The maximum atomic E-state index is 12.3. The summed E-state index contributed by atoms with van der Waals surface area (Å²) in [7, 11) is -3.42. The molecule has 0 bridgehead atoms. The van der Waals surface area contributed by atoms with Gasteiger partial charge in [0, 0.05) is 12.6 Å². The van der Waals surface area contributed by atoms with Gasteiger partial charge < -0.3 is 0 Å². The molecule has 0 heterocycles.